The minimum Gasteiger partial charge on any atom is -0.485 e. The van der Waals surface area contributed by atoms with E-state index in [1.807, 2.05) is 0 Å². The Kier molecular flexibility index (Phi) is 7.78. The van der Waals surface area contributed by atoms with E-state index in [0.717, 1.165) is 12.1 Å². The highest BCUT2D eigenvalue weighted by atomic mass is 19.1. The Labute approximate surface area is 188 Å². The Morgan fingerprint density at radius 1 is 1.21 bits per heavy atom. The fourth-order valence-electron chi connectivity index (χ4n) is 3.24. The predicted molar refractivity (Wildman–Crippen MR) is 114 cm³/mol. The van der Waals surface area contributed by atoms with Crippen LogP contribution in [-0.4, -0.2) is 52.3 Å². The molecule has 11 heteroatoms. The highest BCUT2D eigenvalue weighted by Gasteiger charge is 2.22. The number of hydrogen-bond donors (Lipinski definition) is 3. The Morgan fingerprint density at radius 2 is 1.94 bits per heavy atom. The second-order valence-electron chi connectivity index (χ2n) is 7.12. The second kappa shape index (κ2) is 10.7. The number of nitrogens with one attached hydrogen (secondary N) is 2. The molecule has 1 unspecified atom stereocenters. The fourth-order valence-corrected chi connectivity index (χ4v) is 3.24. The van der Waals surface area contributed by atoms with Gasteiger partial charge in [0.2, 0.25) is 0 Å². The van der Waals surface area contributed by atoms with E-state index in [1.165, 1.54) is 10.5 Å². The number of pyridine rings is 1. The third-order valence-corrected chi connectivity index (χ3v) is 4.80. The number of benzene rings is 1. The van der Waals surface area contributed by atoms with Crippen molar-refractivity contribution >= 4 is 17.6 Å². The molecule has 33 heavy (non-hydrogen) atoms. The van der Waals surface area contributed by atoms with Crippen LogP contribution in [0.5, 0.6) is 5.75 Å². The van der Waals surface area contributed by atoms with Crippen molar-refractivity contribution < 1.29 is 33.0 Å². The number of aromatic nitrogens is 2. The number of ether oxygens (including phenoxy) is 2. The van der Waals surface area contributed by atoms with Gasteiger partial charge in [0.1, 0.15) is 23.9 Å². The SMILES string of the molecule is CCOCC(CNC(=O)O)NC(=O)c1c(C)nc2c(OCc3c(F)cccc3F)cccn12. The van der Waals surface area contributed by atoms with Crippen LogP contribution in [0.15, 0.2) is 36.5 Å². The zero-order valence-electron chi connectivity index (χ0n) is 18.1. The van der Waals surface area contributed by atoms with Crippen LogP contribution in [0.25, 0.3) is 5.65 Å². The largest absolute Gasteiger partial charge is 0.485 e. The van der Waals surface area contributed by atoms with Gasteiger partial charge in [0.15, 0.2) is 11.4 Å². The number of nitrogens with zero attached hydrogens (tertiary/aromatic N) is 2. The lowest BCUT2D eigenvalue weighted by Crippen LogP contribution is -2.46. The lowest BCUT2D eigenvalue weighted by molar-refractivity contribution is 0.0848. The summed E-state index contributed by atoms with van der Waals surface area (Å²) in [5.41, 5.74) is 0.679. The minimum atomic E-state index is -1.22. The molecule has 0 aliphatic rings. The van der Waals surface area contributed by atoms with Crippen molar-refractivity contribution in [3.63, 3.8) is 0 Å². The number of carboxylic acid groups (broad SMARTS) is 1. The maximum absolute atomic E-state index is 13.9. The van der Waals surface area contributed by atoms with Gasteiger partial charge in [-0.25, -0.2) is 18.6 Å². The van der Waals surface area contributed by atoms with E-state index in [-0.39, 0.29) is 36.8 Å². The van der Waals surface area contributed by atoms with Crippen LogP contribution < -0.4 is 15.4 Å². The summed E-state index contributed by atoms with van der Waals surface area (Å²) < 4.78 is 40.3. The van der Waals surface area contributed by atoms with Gasteiger partial charge < -0.3 is 25.2 Å². The molecule has 2 amide bonds. The summed E-state index contributed by atoms with van der Waals surface area (Å²) >= 11 is 0. The van der Waals surface area contributed by atoms with Crippen molar-refractivity contribution in [3.8, 4) is 5.75 Å². The molecule has 0 saturated heterocycles. The fraction of sp³-hybridized carbons (Fsp3) is 0.318. The topological polar surface area (TPSA) is 114 Å². The average Bonchev–Trinajstić information content (AvgIpc) is 3.11. The molecule has 0 bridgehead atoms. The van der Waals surface area contributed by atoms with Crippen LogP contribution in [0.4, 0.5) is 13.6 Å². The van der Waals surface area contributed by atoms with Gasteiger partial charge in [0.25, 0.3) is 5.91 Å². The number of carbonyl (C=O) groups excluding carboxylic acids is 1. The van der Waals surface area contributed by atoms with Crippen LogP contribution in [0.2, 0.25) is 0 Å². The van der Waals surface area contributed by atoms with Crippen molar-refractivity contribution in [1.82, 2.24) is 20.0 Å². The number of aryl methyl sites for hydroxylation is 1. The van der Waals surface area contributed by atoms with Crippen LogP contribution >= 0.6 is 0 Å². The van der Waals surface area contributed by atoms with Crippen LogP contribution in [0, 0.1) is 18.6 Å². The molecule has 0 fully saturated rings. The number of hydrogen-bond acceptors (Lipinski definition) is 5. The van der Waals surface area contributed by atoms with Crippen molar-refractivity contribution in [2.45, 2.75) is 26.5 Å². The number of amides is 2. The van der Waals surface area contributed by atoms with Crippen LogP contribution in [-0.2, 0) is 11.3 Å². The Morgan fingerprint density at radius 3 is 2.61 bits per heavy atom. The minimum absolute atomic E-state index is 0.0422. The number of fused-ring (bicyclic) bond motifs is 1. The number of rotatable bonds is 10. The molecule has 1 atom stereocenters. The molecule has 9 nitrogen and oxygen atoms in total. The first-order chi connectivity index (χ1) is 15.8. The molecular formula is C22H24F2N4O5. The number of carbonyl (C=O) groups is 2. The third kappa shape index (κ3) is 5.75. The average molecular weight is 462 g/mol. The second-order valence-corrected chi connectivity index (χ2v) is 7.12. The molecule has 0 spiro atoms. The third-order valence-electron chi connectivity index (χ3n) is 4.80. The Bertz CT molecular complexity index is 1130. The summed E-state index contributed by atoms with van der Waals surface area (Å²) in [6, 6.07) is 6.13. The zero-order valence-corrected chi connectivity index (χ0v) is 18.1. The van der Waals surface area contributed by atoms with E-state index >= 15 is 0 Å². The molecule has 176 valence electrons. The maximum atomic E-state index is 13.9. The van der Waals surface area contributed by atoms with Gasteiger partial charge in [-0.05, 0) is 38.1 Å². The lowest BCUT2D eigenvalue weighted by atomic mass is 10.2. The number of halogens is 2. The predicted octanol–water partition coefficient (Wildman–Crippen LogP) is 2.90. The van der Waals surface area contributed by atoms with E-state index in [0.29, 0.717) is 17.9 Å². The first kappa shape index (κ1) is 23.9. The molecular weight excluding hydrogens is 438 g/mol. The molecule has 0 radical (unpaired) electrons. The summed E-state index contributed by atoms with van der Waals surface area (Å²) in [5, 5.41) is 13.8. The molecule has 0 aliphatic heterocycles. The quantitative estimate of drug-likeness (QED) is 0.427. The van der Waals surface area contributed by atoms with Gasteiger partial charge in [-0.1, -0.05) is 6.07 Å². The van der Waals surface area contributed by atoms with Crippen LogP contribution in [0.3, 0.4) is 0 Å². The molecule has 2 heterocycles. The van der Waals surface area contributed by atoms with Crippen LogP contribution in [0.1, 0.15) is 28.7 Å². The van der Waals surface area contributed by atoms with Crippen molar-refractivity contribution in [1.29, 1.82) is 0 Å². The highest BCUT2D eigenvalue weighted by Crippen LogP contribution is 2.24. The normalized spacial score (nSPS) is 11.9. The lowest BCUT2D eigenvalue weighted by Gasteiger charge is -2.18. The summed E-state index contributed by atoms with van der Waals surface area (Å²) in [6.07, 6.45) is 0.387. The van der Waals surface area contributed by atoms with Gasteiger partial charge in [-0.15, -0.1) is 0 Å². The Hall–Kier alpha value is -3.73. The summed E-state index contributed by atoms with van der Waals surface area (Å²) in [6.45, 7) is 3.53. The molecule has 0 aliphatic carbocycles. The molecule has 0 saturated carbocycles. The first-order valence-corrected chi connectivity index (χ1v) is 10.2. The van der Waals surface area contributed by atoms with Gasteiger partial charge in [-0.3, -0.25) is 9.20 Å². The smallest absolute Gasteiger partial charge is 0.404 e. The highest BCUT2D eigenvalue weighted by molar-refractivity contribution is 5.95. The first-order valence-electron chi connectivity index (χ1n) is 10.2. The van der Waals surface area contributed by atoms with E-state index in [9.17, 15) is 18.4 Å². The summed E-state index contributed by atoms with van der Waals surface area (Å²) in [4.78, 5) is 28.2. The Balaban J connectivity index is 1.83. The maximum Gasteiger partial charge on any atom is 0.404 e. The molecule has 3 aromatic rings. The standard InChI is InChI=1S/C22H24F2N4O5/c1-3-32-11-14(10-25-22(30)31)27-21(29)19-13(2)26-20-18(8-5-9-28(19)20)33-12-15-16(23)6-4-7-17(15)24/h4-9,14,25H,3,10-12H2,1-2H3,(H,27,29)(H,30,31). The molecule has 3 N–H and O–H groups in total. The van der Waals surface area contributed by atoms with Crippen molar-refractivity contribution in [2.75, 3.05) is 19.8 Å². The van der Waals surface area contributed by atoms with Gasteiger partial charge in [-0.2, -0.15) is 0 Å². The molecule has 3 rings (SSSR count). The van der Waals surface area contributed by atoms with Gasteiger partial charge >= 0.3 is 6.09 Å². The van der Waals surface area contributed by atoms with E-state index in [2.05, 4.69) is 15.6 Å². The molecule has 2 aromatic heterocycles. The van der Waals surface area contributed by atoms with E-state index in [4.69, 9.17) is 14.6 Å². The zero-order chi connectivity index (χ0) is 24.0. The molecule has 1 aromatic carbocycles. The number of imidazole rings is 1. The van der Waals surface area contributed by atoms with Gasteiger partial charge in [0.05, 0.1) is 23.9 Å². The monoisotopic (exact) mass is 462 g/mol. The summed E-state index contributed by atoms with van der Waals surface area (Å²) in [5.74, 6) is -1.70. The van der Waals surface area contributed by atoms with E-state index < -0.39 is 29.7 Å². The van der Waals surface area contributed by atoms with E-state index in [1.54, 1.807) is 32.2 Å². The summed E-state index contributed by atoms with van der Waals surface area (Å²) in [7, 11) is 0. The van der Waals surface area contributed by atoms with Gasteiger partial charge in [0, 0.05) is 19.3 Å². The van der Waals surface area contributed by atoms with Crippen molar-refractivity contribution in [2.24, 2.45) is 0 Å². The van der Waals surface area contributed by atoms with Crippen molar-refractivity contribution in [3.05, 3.63) is 65.1 Å².